The molecule has 1 amide bonds. The van der Waals surface area contributed by atoms with Gasteiger partial charge in [-0.2, -0.15) is 13.2 Å². The summed E-state index contributed by atoms with van der Waals surface area (Å²) >= 11 is 0. The summed E-state index contributed by atoms with van der Waals surface area (Å²) in [7, 11) is 1.50. The maximum absolute atomic E-state index is 14.4. The van der Waals surface area contributed by atoms with Crippen LogP contribution in [-0.2, 0) is 9.53 Å². The monoisotopic (exact) mass is 571 g/mol. The molecule has 6 rings (SSSR count). The number of rotatable bonds is 8. The molecular weight excluding hydrogens is 542 g/mol. The third-order valence-corrected chi connectivity index (χ3v) is 7.80. The molecule has 3 unspecified atom stereocenters. The Morgan fingerprint density at radius 3 is 2.68 bits per heavy atom. The summed E-state index contributed by atoms with van der Waals surface area (Å²) in [5.74, 6) is -3.50. The fourth-order valence-corrected chi connectivity index (χ4v) is 5.62. The molecule has 2 N–H and O–H groups in total. The van der Waals surface area contributed by atoms with Crippen LogP contribution in [0.5, 0.6) is 0 Å². The van der Waals surface area contributed by atoms with Gasteiger partial charge in [-0.15, -0.1) is 5.10 Å². The van der Waals surface area contributed by atoms with Gasteiger partial charge in [0.15, 0.2) is 0 Å². The first-order valence-electron chi connectivity index (χ1n) is 13.4. The summed E-state index contributed by atoms with van der Waals surface area (Å²) in [6, 6.07) is 6.62. The van der Waals surface area contributed by atoms with Crippen molar-refractivity contribution < 1.29 is 27.1 Å². The largest absolute Gasteiger partial charge is 0.394 e. The van der Waals surface area contributed by atoms with Crippen LogP contribution in [0.15, 0.2) is 48.3 Å². The van der Waals surface area contributed by atoms with Crippen molar-refractivity contribution >= 4 is 11.7 Å². The van der Waals surface area contributed by atoms with Crippen molar-refractivity contribution in [1.29, 1.82) is 0 Å². The lowest BCUT2D eigenvalue weighted by Gasteiger charge is -2.40. The molecule has 3 aromatic rings. The highest BCUT2D eigenvalue weighted by Gasteiger charge is 2.55. The smallest absolute Gasteiger partial charge is 0.376 e. The zero-order chi connectivity index (χ0) is 28.9. The number of pyridine rings is 1. The van der Waals surface area contributed by atoms with Crippen molar-refractivity contribution in [3.05, 3.63) is 65.5 Å². The Labute approximate surface area is 233 Å². The summed E-state index contributed by atoms with van der Waals surface area (Å²) in [5, 5.41) is 14.0. The van der Waals surface area contributed by atoms with Crippen molar-refractivity contribution in [2.45, 2.75) is 37.9 Å². The number of carbonyl (C=O) groups excluding carboxylic acids is 1. The number of piperidine rings is 1. The Morgan fingerprint density at radius 1 is 1.20 bits per heavy atom. The summed E-state index contributed by atoms with van der Waals surface area (Å²) in [4.78, 5) is 19.6. The third kappa shape index (κ3) is 5.31. The molecule has 3 atom stereocenters. The molecule has 2 aromatic heterocycles. The summed E-state index contributed by atoms with van der Waals surface area (Å²) in [6.45, 7) is 1.69. The number of alkyl halides is 3. The third-order valence-electron chi connectivity index (χ3n) is 7.80. The van der Waals surface area contributed by atoms with E-state index < -0.39 is 42.3 Å². The lowest BCUT2D eigenvalue weighted by molar-refractivity contribution is -0.187. The molecule has 1 saturated heterocycles. The van der Waals surface area contributed by atoms with Crippen LogP contribution in [0.3, 0.4) is 0 Å². The van der Waals surface area contributed by atoms with E-state index in [1.807, 2.05) is 6.07 Å². The lowest BCUT2D eigenvalue weighted by atomic mass is 9.82. The number of anilines is 1. The van der Waals surface area contributed by atoms with Crippen LogP contribution in [0.4, 0.5) is 23.4 Å². The second-order valence-electron chi connectivity index (χ2n) is 10.7. The van der Waals surface area contributed by atoms with Crippen LogP contribution >= 0.6 is 0 Å². The highest BCUT2D eigenvalue weighted by Crippen LogP contribution is 2.45. The number of hydrogen-bond acceptors (Lipinski definition) is 7. The Bertz CT molecular complexity index is 1500. The number of hydrogen-bond donors (Lipinski definition) is 2. The van der Waals surface area contributed by atoms with Gasteiger partial charge in [0.1, 0.15) is 17.7 Å². The van der Waals surface area contributed by atoms with Gasteiger partial charge in [0.05, 0.1) is 30.2 Å². The summed E-state index contributed by atoms with van der Waals surface area (Å²) in [5.41, 5.74) is 3.49. The molecule has 3 aliphatic rings. The van der Waals surface area contributed by atoms with E-state index in [4.69, 9.17) is 4.74 Å². The fourth-order valence-electron chi connectivity index (χ4n) is 5.62. The lowest BCUT2D eigenvalue weighted by Crippen LogP contribution is -2.59. The normalized spacial score (nSPS) is 22.5. The van der Waals surface area contributed by atoms with Crippen LogP contribution in [0.2, 0.25) is 0 Å². The Hall–Kier alpha value is -3.84. The zero-order valence-electron chi connectivity index (χ0n) is 22.5. The molecule has 2 fully saturated rings. The van der Waals surface area contributed by atoms with Gasteiger partial charge in [-0.05, 0) is 49.6 Å². The number of ether oxygens (including phenoxy) is 1. The van der Waals surface area contributed by atoms with E-state index in [9.17, 15) is 22.4 Å². The van der Waals surface area contributed by atoms with Gasteiger partial charge in [0.25, 0.3) is 5.91 Å². The van der Waals surface area contributed by atoms with E-state index in [0.29, 0.717) is 33.9 Å². The van der Waals surface area contributed by atoms with Crippen LogP contribution in [0, 0.1) is 24.6 Å². The van der Waals surface area contributed by atoms with Gasteiger partial charge in [0, 0.05) is 55.1 Å². The first-order chi connectivity index (χ1) is 19.6. The molecule has 13 heteroatoms. The number of carbonyl (C=O) groups is 1. The Balaban J connectivity index is 1.40. The molecule has 1 saturated carbocycles. The van der Waals surface area contributed by atoms with Gasteiger partial charge < -0.3 is 10.1 Å². The topological polar surface area (TPSA) is 97.2 Å². The minimum atomic E-state index is -4.54. The molecular formula is C28H29F4N7O2. The first-order valence-corrected chi connectivity index (χ1v) is 13.4. The minimum absolute atomic E-state index is 0.139. The van der Waals surface area contributed by atoms with E-state index >= 15 is 0 Å². The maximum atomic E-state index is 14.4. The van der Waals surface area contributed by atoms with Crippen LogP contribution < -0.4 is 15.5 Å². The number of aryl methyl sites for hydroxylation is 1. The van der Waals surface area contributed by atoms with Gasteiger partial charge in [-0.25, -0.2) is 14.1 Å². The molecule has 1 aromatic carbocycles. The first kappa shape index (κ1) is 27.3. The number of amides is 1. The van der Waals surface area contributed by atoms with E-state index in [2.05, 4.69) is 25.9 Å². The van der Waals surface area contributed by atoms with Crippen molar-refractivity contribution in [3.8, 4) is 16.8 Å². The molecule has 216 valence electrons. The average molecular weight is 572 g/mol. The van der Waals surface area contributed by atoms with Crippen molar-refractivity contribution in [1.82, 2.24) is 30.6 Å². The standard InChI is InChI=1S/C28H29F4N7O2/c1-15-11-34-37-39(15)24-9-18(29)5-6-20(24)17-7-23(16-3-4-16)36-25(8-17)38-13-22(28(30,31)32)21-10-19(12-33-14-41-2)35-26(21)27(38)40/h5-11,16,21-22,26,33,35H,3-4,12-14H2,1-2H3. The predicted molar refractivity (Wildman–Crippen MR) is 142 cm³/mol. The van der Waals surface area contributed by atoms with E-state index in [1.165, 1.54) is 30.0 Å². The van der Waals surface area contributed by atoms with Crippen molar-refractivity contribution in [2.75, 3.05) is 31.8 Å². The number of fused-ring (bicyclic) bond motifs is 1. The van der Waals surface area contributed by atoms with E-state index in [0.717, 1.165) is 17.7 Å². The molecule has 0 radical (unpaired) electrons. The minimum Gasteiger partial charge on any atom is -0.376 e. The average Bonchev–Trinajstić information content (AvgIpc) is 3.56. The number of nitrogens with one attached hydrogen (secondary N) is 2. The van der Waals surface area contributed by atoms with Crippen LogP contribution in [-0.4, -0.2) is 65.0 Å². The molecule has 2 aliphatic heterocycles. The Kier molecular flexibility index (Phi) is 7.02. The van der Waals surface area contributed by atoms with E-state index in [1.54, 1.807) is 25.3 Å². The predicted octanol–water partition coefficient (Wildman–Crippen LogP) is 3.84. The number of benzene rings is 1. The molecule has 0 spiro atoms. The summed E-state index contributed by atoms with van der Waals surface area (Å²) < 4.78 is 64.0. The van der Waals surface area contributed by atoms with Gasteiger partial charge in [-0.3, -0.25) is 15.0 Å². The maximum Gasteiger partial charge on any atom is 0.394 e. The SMILES string of the molecule is COCNCC1=CC2C(N1)C(=O)N(c1cc(-c3ccc(F)cc3-n3nncc3C)cc(C3CC3)n1)CC2C(F)(F)F. The second kappa shape index (κ2) is 10.5. The number of methoxy groups -OCH3 is 1. The highest BCUT2D eigenvalue weighted by atomic mass is 19.4. The number of nitrogens with zero attached hydrogens (tertiary/aromatic N) is 5. The van der Waals surface area contributed by atoms with Crippen LogP contribution in [0.1, 0.15) is 30.1 Å². The van der Waals surface area contributed by atoms with Gasteiger partial charge in [-0.1, -0.05) is 11.3 Å². The quantitative estimate of drug-likeness (QED) is 0.241. The molecule has 0 bridgehead atoms. The molecule has 41 heavy (non-hydrogen) atoms. The van der Waals surface area contributed by atoms with Crippen LogP contribution in [0.25, 0.3) is 16.8 Å². The molecule has 1 aliphatic carbocycles. The highest BCUT2D eigenvalue weighted by molar-refractivity contribution is 5.99. The second-order valence-corrected chi connectivity index (χ2v) is 10.7. The van der Waals surface area contributed by atoms with E-state index in [-0.39, 0.29) is 25.0 Å². The fraction of sp³-hybridized carbons (Fsp3) is 0.429. The zero-order valence-corrected chi connectivity index (χ0v) is 22.5. The number of aromatic nitrogens is 4. The molecule has 9 nitrogen and oxygen atoms in total. The van der Waals surface area contributed by atoms with Crippen molar-refractivity contribution in [2.24, 2.45) is 11.8 Å². The van der Waals surface area contributed by atoms with Gasteiger partial charge in [0.2, 0.25) is 0 Å². The number of halogens is 4. The summed E-state index contributed by atoms with van der Waals surface area (Å²) in [6.07, 6.45) is 0.291. The van der Waals surface area contributed by atoms with Crippen molar-refractivity contribution in [3.63, 3.8) is 0 Å². The Morgan fingerprint density at radius 2 is 2.00 bits per heavy atom. The molecule has 4 heterocycles. The van der Waals surface area contributed by atoms with Gasteiger partial charge >= 0.3 is 6.18 Å².